The average Bonchev–Trinajstić information content (AvgIpc) is 3.27. The van der Waals surface area contributed by atoms with E-state index in [9.17, 15) is 13.2 Å². The van der Waals surface area contributed by atoms with Gasteiger partial charge >= 0.3 is 0 Å². The van der Waals surface area contributed by atoms with Gasteiger partial charge in [-0.05, 0) is 48.1 Å². The first-order valence-corrected chi connectivity index (χ1v) is 11.8. The lowest BCUT2D eigenvalue weighted by Crippen LogP contribution is -2.40. The van der Waals surface area contributed by atoms with Crippen LogP contribution in [-0.4, -0.2) is 43.4 Å². The summed E-state index contributed by atoms with van der Waals surface area (Å²) in [6, 6.07) is 10.7. The highest BCUT2D eigenvalue weighted by molar-refractivity contribution is 7.91. The highest BCUT2D eigenvalue weighted by Gasteiger charge is 2.35. The molecule has 1 aromatic carbocycles. The van der Waals surface area contributed by atoms with Crippen LogP contribution < -0.4 is 4.74 Å². The number of thiophene rings is 1. The van der Waals surface area contributed by atoms with E-state index in [-0.39, 0.29) is 23.5 Å². The maximum Gasteiger partial charge on any atom is 0.254 e. The topological polar surface area (TPSA) is 63.7 Å². The third kappa shape index (κ3) is 5.32. The van der Waals surface area contributed by atoms with Crippen molar-refractivity contribution in [2.45, 2.75) is 32.9 Å². The van der Waals surface area contributed by atoms with Crippen LogP contribution in [0.3, 0.4) is 0 Å². The van der Waals surface area contributed by atoms with Crippen LogP contribution in [-0.2, 0) is 16.4 Å². The first-order valence-electron chi connectivity index (χ1n) is 9.11. The number of hydrogen-bond acceptors (Lipinski definition) is 5. The van der Waals surface area contributed by atoms with Crippen LogP contribution in [0.4, 0.5) is 0 Å². The molecule has 1 aliphatic rings. The van der Waals surface area contributed by atoms with Crippen LogP contribution in [0, 0.1) is 5.92 Å². The quantitative estimate of drug-likeness (QED) is 0.703. The van der Waals surface area contributed by atoms with Crippen molar-refractivity contribution in [2.24, 2.45) is 5.92 Å². The number of carbonyl (C=O) groups excluding carboxylic acids is 1. The number of hydrogen-bond donors (Lipinski definition) is 0. The van der Waals surface area contributed by atoms with E-state index in [1.165, 1.54) is 0 Å². The summed E-state index contributed by atoms with van der Waals surface area (Å²) < 4.78 is 29.5. The molecule has 1 aromatic heterocycles. The maximum atomic E-state index is 13.1. The summed E-state index contributed by atoms with van der Waals surface area (Å²) in [6.45, 7) is 5.21. The average molecular weight is 408 g/mol. The molecule has 0 unspecified atom stereocenters. The number of amides is 1. The van der Waals surface area contributed by atoms with Crippen LogP contribution in [0.1, 0.15) is 35.5 Å². The Kier molecular flexibility index (Phi) is 6.22. The predicted molar refractivity (Wildman–Crippen MR) is 108 cm³/mol. The van der Waals surface area contributed by atoms with Gasteiger partial charge in [0.2, 0.25) is 0 Å². The van der Waals surface area contributed by atoms with E-state index >= 15 is 0 Å². The molecule has 1 fully saturated rings. The molecule has 0 bridgehead atoms. The second kappa shape index (κ2) is 8.44. The summed E-state index contributed by atoms with van der Waals surface area (Å²) in [5.41, 5.74) is 0.549. The van der Waals surface area contributed by atoms with Crippen molar-refractivity contribution in [3.05, 3.63) is 52.2 Å². The number of nitrogens with zero attached hydrogens (tertiary/aromatic N) is 1. The fraction of sp³-hybridized carbons (Fsp3) is 0.450. The van der Waals surface area contributed by atoms with Gasteiger partial charge < -0.3 is 9.64 Å². The van der Waals surface area contributed by atoms with Crippen LogP contribution in [0.2, 0.25) is 0 Å². The fourth-order valence-corrected chi connectivity index (χ4v) is 5.51. The Bertz CT molecular complexity index is 858. The lowest BCUT2D eigenvalue weighted by atomic mass is 10.1. The zero-order valence-electron chi connectivity index (χ0n) is 15.6. The standard InChI is InChI=1S/C20H25NO4S2/c1-15(2)13-25-18-7-5-16(6-8-18)20(22)21(12-19-4-3-10-26-19)17-9-11-27(23,24)14-17/h3-8,10,15,17H,9,11-14H2,1-2H3/t17-/m0/s1. The zero-order valence-corrected chi connectivity index (χ0v) is 17.3. The van der Waals surface area contributed by atoms with Gasteiger partial charge in [0.25, 0.3) is 5.91 Å². The van der Waals surface area contributed by atoms with Crippen molar-refractivity contribution >= 4 is 27.1 Å². The van der Waals surface area contributed by atoms with Gasteiger partial charge in [-0.15, -0.1) is 11.3 Å². The summed E-state index contributed by atoms with van der Waals surface area (Å²) in [4.78, 5) is 15.9. The summed E-state index contributed by atoms with van der Waals surface area (Å²) in [7, 11) is -3.07. The van der Waals surface area contributed by atoms with E-state index in [1.54, 1.807) is 40.5 Å². The van der Waals surface area contributed by atoms with Gasteiger partial charge in [-0.25, -0.2) is 8.42 Å². The van der Waals surface area contributed by atoms with Crippen LogP contribution >= 0.6 is 11.3 Å². The minimum atomic E-state index is -3.07. The van der Waals surface area contributed by atoms with E-state index in [1.807, 2.05) is 17.5 Å². The number of sulfone groups is 1. The molecule has 1 amide bonds. The fourth-order valence-electron chi connectivity index (χ4n) is 3.08. The molecule has 0 radical (unpaired) electrons. The van der Waals surface area contributed by atoms with Gasteiger partial charge in [0.05, 0.1) is 24.7 Å². The molecule has 1 atom stereocenters. The summed E-state index contributed by atoms with van der Waals surface area (Å²) in [6.07, 6.45) is 0.495. The predicted octanol–water partition coefficient (Wildman–Crippen LogP) is 3.61. The molecule has 5 nitrogen and oxygen atoms in total. The lowest BCUT2D eigenvalue weighted by molar-refractivity contribution is 0.0683. The molecule has 0 saturated carbocycles. The molecule has 146 valence electrons. The normalized spacial score (nSPS) is 18.6. The SMILES string of the molecule is CC(C)COc1ccc(C(=O)N(Cc2cccs2)[C@H]2CCS(=O)(=O)C2)cc1. The first kappa shape index (κ1) is 19.9. The van der Waals surface area contributed by atoms with E-state index < -0.39 is 9.84 Å². The smallest absolute Gasteiger partial charge is 0.254 e. The van der Waals surface area contributed by atoms with E-state index in [0.29, 0.717) is 31.1 Å². The summed E-state index contributed by atoms with van der Waals surface area (Å²) in [5.74, 6) is 1.21. The molecule has 0 spiro atoms. The number of carbonyl (C=O) groups is 1. The minimum Gasteiger partial charge on any atom is -0.493 e. The molecule has 1 aliphatic heterocycles. The molecular formula is C20H25NO4S2. The number of ether oxygens (including phenoxy) is 1. The molecule has 1 saturated heterocycles. The van der Waals surface area contributed by atoms with E-state index in [4.69, 9.17) is 4.74 Å². The summed E-state index contributed by atoms with van der Waals surface area (Å²) >= 11 is 1.57. The Morgan fingerprint density at radius 3 is 2.56 bits per heavy atom. The van der Waals surface area contributed by atoms with Crippen LogP contribution in [0.25, 0.3) is 0 Å². The Labute approximate surface area is 164 Å². The van der Waals surface area contributed by atoms with Crippen LogP contribution in [0.15, 0.2) is 41.8 Å². The van der Waals surface area contributed by atoms with Gasteiger partial charge in [0.15, 0.2) is 9.84 Å². The van der Waals surface area contributed by atoms with Crippen molar-refractivity contribution in [3.8, 4) is 5.75 Å². The molecule has 0 aliphatic carbocycles. The first-order chi connectivity index (χ1) is 12.8. The molecule has 2 aromatic rings. The highest BCUT2D eigenvalue weighted by Crippen LogP contribution is 2.24. The molecule has 0 N–H and O–H groups in total. The van der Waals surface area contributed by atoms with Crippen molar-refractivity contribution in [3.63, 3.8) is 0 Å². The van der Waals surface area contributed by atoms with Gasteiger partial charge in [0, 0.05) is 16.5 Å². The Morgan fingerprint density at radius 1 is 1.26 bits per heavy atom. The molecular weight excluding hydrogens is 382 g/mol. The van der Waals surface area contributed by atoms with Crippen LogP contribution in [0.5, 0.6) is 5.75 Å². The lowest BCUT2D eigenvalue weighted by Gasteiger charge is -2.28. The molecule has 2 heterocycles. The maximum absolute atomic E-state index is 13.1. The second-order valence-electron chi connectivity index (χ2n) is 7.30. The Hall–Kier alpha value is -1.86. The number of rotatable bonds is 7. The third-order valence-electron chi connectivity index (χ3n) is 4.50. The van der Waals surface area contributed by atoms with Crippen molar-refractivity contribution in [1.29, 1.82) is 0 Å². The van der Waals surface area contributed by atoms with Gasteiger partial charge in [-0.2, -0.15) is 0 Å². The number of benzene rings is 1. The minimum absolute atomic E-state index is 0.0414. The van der Waals surface area contributed by atoms with Gasteiger partial charge in [0.1, 0.15) is 5.75 Å². The molecule has 27 heavy (non-hydrogen) atoms. The highest BCUT2D eigenvalue weighted by atomic mass is 32.2. The Balaban J connectivity index is 1.77. The largest absolute Gasteiger partial charge is 0.493 e. The van der Waals surface area contributed by atoms with Gasteiger partial charge in [-0.1, -0.05) is 19.9 Å². The molecule has 3 rings (SSSR count). The molecule has 7 heteroatoms. The second-order valence-corrected chi connectivity index (χ2v) is 10.6. The van der Waals surface area contributed by atoms with E-state index in [0.717, 1.165) is 10.6 Å². The summed E-state index contributed by atoms with van der Waals surface area (Å²) in [5, 5.41) is 1.96. The van der Waals surface area contributed by atoms with Crippen molar-refractivity contribution in [2.75, 3.05) is 18.1 Å². The van der Waals surface area contributed by atoms with Crippen molar-refractivity contribution in [1.82, 2.24) is 4.90 Å². The third-order valence-corrected chi connectivity index (χ3v) is 7.11. The van der Waals surface area contributed by atoms with Gasteiger partial charge in [-0.3, -0.25) is 4.79 Å². The zero-order chi connectivity index (χ0) is 19.4. The van der Waals surface area contributed by atoms with E-state index in [2.05, 4.69) is 13.8 Å². The monoisotopic (exact) mass is 407 g/mol. The Morgan fingerprint density at radius 2 is 2.00 bits per heavy atom. The van der Waals surface area contributed by atoms with Crippen molar-refractivity contribution < 1.29 is 17.9 Å².